The molecule has 16 heavy (non-hydrogen) atoms. The second-order valence-electron chi connectivity index (χ2n) is 3.44. The van der Waals surface area contributed by atoms with Crippen LogP contribution in [0.2, 0.25) is 0 Å². The zero-order valence-corrected chi connectivity index (χ0v) is 12.2. The van der Waals surface area contributed by atoms with E-state index in [0.717, 1.165) is 0 Å². The van der Waals surface area contributed by atoms with E-state index in [4.69, 9.17) is 0 Å². The van der Waals surface area contributed by atoms with Crippen LogP contribution in [-0.4, -0.2) is 14.9 Å². The molecule has 2 aliphatic rings. The molecule has 0 bridgehead atoms. The van der Waals surface area contributed by atoms with E-state index in [1.54, 1.807) is 30.8 Å². The Bertz CT molecular complexity index is 602. The van der Waals surface area contributed by atoms with E-state index in [0.29, 0.717) is 9.13 Å². The van der Waals surface area contributed by atoms with Crippen LogP contribution in [-0.2, 0) is 0 Å². The van der Waals surface area contributed by atoms with Gasteiger partial charge in [0, 0.05) is 20.0 Å². The molecule has 0 fully saturated rings. The Kier molecular flexibility index (Phi) is 3.24. The summed E-state index contributed by atoms with van der Waals surface area (Å²) in [6, 6.07) is 6.32. The predicted octanol–water partition coefficient (Wildman–Crippen LogP) is 2.94. The lowest BCUT2D eigenvalue weighted by Gasteiger charge is -1.89. The second kappa shape index (κ2) is 4.83. The van der Waals surface area contributed by atoms with Crippen molar-refractivity contribution in [3.63, 3.8) is 0 Å². The van der Waals surface area contributed by atoms with Gasteiger partial charge in [-0.1, -0.05) is 18.2 Å². The van der Waals surface area contributed by atoms with E-state index in [-0.39, 0.29) is 0 Å². The van der Waals surface area contributed by atoms with E-state index in [1.165, 1.54) is 5.75 Å². The Morgan fingerprint density at radius 3 is 2.75 bits per heavy atom. The fourth-order valence-electron chi connectivity index (χ4n) is 1.74. The monoisotopic (exact) mass is 278 g/mol. The van der Waals surface area contributed by atoms with Gasteiger partial charge in [0.15, 0.2) is 0 Å². The van der Waals surface area contributed by atoms with Gasteiger partial charge in [-0.2, -0.15) is 11.3 Å². The molecular weight excluding hydrogens is 268 g/mol. The number of hydrogen-bond donors (Lipinski definition) is 0. The Balaban J connectivity index is 0.000000137. The lowest BCUT2D eigenvalue weighted by molar-refractivity contribution is 1.78. The third kappa shape index (κ3) is 2.02. The standard InChI is InChI=1S/C8H6S2Si.C4H4S/c1-3-10-8-5(1)7-6(11-8)2-4-9-7;1-2-4-5-3-1/h1-3,11H,4H2;1-4H. The largest absolute Gasteiger partial charge is 0.152 e. The third-order valence-electron chi connectivity index (χ3n) is 2.44. The first-order valence-corrected chi connectivity index (χ1v) is 9.01. The van der Waals surface area contributed by atoms with Crippen molar-refractivity contribution in [3.05, 3.63) is 55.0 Å². The van der Waals surface area contributed by atoms with Crippen LogP contribution in [0.25, 0.3) is 4.91 Å². The van der Waals surface area contributed by atoms with Gasteiger partial charge in [-0.3, -0.25) is 0 Å². The Labute approximate surface area is 109 Å². The van der Waals surface area contributed by atoms with Gasteiger partial charge < -0.3 is 0 Å². The second-order valence-corrected chi connectivity index (χ2v) is 8.14. The molecule has 80 valence electrons. The van der Waals surface area contributed by atoms with Crippen LogP contribution in [0.4, 0.5) is 0 Å². The van der Waals surface area contributed by atoms with Crippen LogP contribution in [0.5, 0.6) is 0 Å². The zero-order chi connectivity index (χ0) is 10.8. The van der Waals surface area contributed by atoms with Crippen molar-refractivity contribution in [1.82, 2.24) is 0 Å². The van der Waals surface area contributed by atoms with Gasteiger partial charge in [-0.05, 0) is 27.4 Å². The maximum absolute atomic E-state index is 2.40. The molecule has 0 atom stereocenters. The fourth-order valence-corrected chi connectivity index (χ4v) is 6.71. The van der Waals surface area contributed by atoms with Crippen molar-refractivity contribution in [2.24, 2.45) is 0 Å². The molecule has 2 aromatic rings. The number of fused-ring (bicyclic) bond motifs is 2. The average Bonchev–Trinajstić information content (AvgIpc) is 3.03. The molecule has 2 aliphatic heterocycles. The first-order chi connectivity index (χ1) is 7.95. The minimum absolute atomic E-state index is 0.472. The molecule has 0 aliphatic carbocycles. The first kappa shape index (κ1) is 10.7. The Morgan fingerprint density at radius 2 is 2.00 bits per heavy atom. The average molecular weight is 278 g/mol. The van der Waals surface area contributed by atoms with Crippen LogP contribution in [0.1, 0.15) is 0 Å². The van der Waals surface area contributed by atoms with Gasteiger partial charge in [-0.25, -0.2) is 0 Å². The number of thioether (sulfide) groups is 1. The summed E-state index contributed by atoms with van der Waals surface area (Å²) >= 11 is 5.66. The quantitative estimate of drug-likeness (QED) is 0.668. The van der Waals surface area contributed by atoms with Crippen molar-refractivity contribution in [2.75, 3.05) is 5.75 Å². The molecular formula is C12H10S3Si. The summed E-state index contributed by atoms with van der Waals surface area (Å²) in [6.45, 7) is 0. The van der Waals surface area contributed by atoms with Crippen molar-refractivity contribution < 1.29 is 0 Å². The molecule has 0 aromatic carbocycles. The fraction of sp³-hybridized carbons (Fsp3) is 0.0833. The molecule has 4 rings (SSSR count). The molecule has 0 saturated carbocycles. The summed E-state index contributed by atoms with van der Waals surface area (Å²) in [6.07, 6.45) is 2.40. The van der Waals surface area contributed by atoms with E-state index in [9.17, 15) is 0 Å². The highest BCUT2D eigenvalue weighted by Gasteiger charge is 2.15. The molecule has 0 amide bonds. The maximum Gasteiger partial charge on any atom is 0.0535 e. The van der Waals surface area contributed by atoms with Gasteiger partial charge in [0.1, 0.15) is 0 Å². The third-order valence-corrected chi connectivity index (χ3v) is 7.28. The van der Waals surface area contributed by atoms with Crippen LogP contribution in [0, 0.1) is 4.13 Å². The summed E-state index contributed by atoms with van der Waals surface area (Å²) < 4.78 is 1.65. The summed E-state index contributed by atoms with van der Waals surface area (Å²) in [4.78, 5) is 1.59. The number of rotatable bonds is 0. The van der Waals surface area contributed by atoms with Crippen molar-refractivity contribution in [1.29, 1.82) is 0 Å². The highest BCUT2D eigenvalue weighted by atomic mass is 32.2. The topological polar surface area (TPSA) is 0 Å². The summed E-state index contributed by atoms with van der Waals surface area (Å²) in [5, 5.41) is 9.52. The number of hydrogen-bond acceptors (Lipinski definition) is 3. The van der Waals surface area contributed by atoms with Crippen molar-refractivity contribution in [3.8, 4) is 0 Å². The molecule has 4 heteroatoms. The minimum Gasteiger partial charge on any atom is -0.152 e. The maximum atomic E-state index is 2.40. The lowest BCUT2D eigenvalue weighted by atomic mass is 10.4. The van der Waals surface area contributed by atoms with Crippen LogP contribution < -0.4 is 5.22 Å². The predicted molar refractivity (Wildman–Crippen MR) is 78.2 cm³/mol. The highest BCUT2D eigenvalue weighted by Crippen LogP contribution is 2.32. The van der Waals surface area contributed by atoms with Crippen LogP contribution in [0.3, 0.4) is 0 Å². The molecule has 0 radical (unpaired) electrons. The highest BCUT2D eigenvalue weighted by molar-refractivity contribution is 8.08. The van der Waals surface area contributed by atoms with Gasteiger partial charge in [0.05, 0.1) is 9.13 Å². The first-order valence-electron chi connectivity index (χ1n) is 5.05. The van der Waals surface area contributed by atoms with E-state index >= 15 is 0 Å². The van der Waals surface area contributed by atoms with Crippen molar-refractivity contribution >= 4 is 48.5 Å². The Hall–Kier alpha value is -0.423. The van der Waals surface area contributed by atoms with Crippen molar-refractivity contribution in [2.45, 2.75) is 0 Å². The van der Waals surface area contributed by atoms with Crippen LogP contribution in [0.15, 0.2) is 45.6 Å². The molecule has 0 N–H and O–H groups in total. The number of thiophene rings is 2. The zero-order valence-electron chi connectivity index (χ0n) is 8.55. The van der Waals surface area contributed by atoms with Crippen LogP contribution >= 0.6 is 34.4 Å². The molecule has 4 heterocycles. The summed E-state index contributed by atoms with van der Waals surface area (Å²) in [5.74, 6) is 1.22. The van der Waals surface area contributed by atoms with Gasteiger partial charge >= 0.3 is 0 Å². The van der Waals surface area contributed by atoms with Gasteiger partial charge in [0.2, 0.25) is 0 Å². The minimum atomic E-state index is 0.472. The molecule has 0 spiro atoms. The van der Waals surface area contributed by atoms with E-state index in [2.05, 4.69) is 17.5 Å². The van der Waals surface area contributed by atoms with Gasteiger partial charge in [0.25, 0.3) is 0 Å². The summed E-state index contributed by atoms with van der Waals surface area (Å²) in [5.41, 5.74) is 0. The smallest absolute Gasteiger partial charge is 0.0535 e. The molecule has 0 saturated heterocycles. The van der Waals surface area contributed by atoms with E-state index < -0.39 is 0 Å². The normalized spacial score (nSPS) is 15.8. The molecule has 2 aromatic heterocycles. The molecule has 0 unspecified atom stereocenters. The SMILES string of the molecule is C1=C2[SiH]=c3sccc3=C2SC1.c1ccsc1. The lowest BCUT2D eigenvalue weighted by Crippen LogP contribution is -1.94. The summed E-state index contributed by atoms with van der Waals surface area (Å²) in [7, 11) is 0.472. The van der Waals surface area contributed by atoms with Gasteiger partial charge in [-0.15, -0.1) is 23.1 Å². The molecule has 0 nitrogen and oxygen atoms in total. The van der Waals surface area contributed by atoms with E-state index in [1.807, 2.05) is 46.0 Å². The Morgan fingerprint density at radius 1 is 1.12 bits per heavy atom.